The van der Waals surface area contributed by atoms with E-state index in [0.29, 0.717) is 35.4 Å². The average Bonchev–Trinajstić information content (AvgIpc) is 3.11. The van der Waals surface area contributed by atoms with Crippen LogP contribution in [0.2, 0.25) is 0 Å². The van der Waals surface area contributed by atoms with Crippen LogP contribution in [-0.4, -0.2) is 36.1 Å². The fourth-order valence-electron chi connectivity index (χ4n) is 3.71. The summed E-state index contributed by atoms with van der Waals surface area (Å²) in [7, 11) is 0. The Kier molecular flexibility index (Phi) is 3.18. The predicted octanol–water partition coefficient (Wildman–Crippen LogP) is 3.27. The number of benzene rings is 1. The number of morpholine rings is 1. The Hall–Kier alpha value is -1.88. The van der Waals surface area contributed by atoms with Gasteiger partial charge in [-0.2, -0.15) is 0 Å². The minimum atomic E-state index is -0.322. The molecule has 1 saturated heterocycles. The number of nitrogens with zero attached hydrogens (tertiary/aromatic N) is 1. The van der Waals surface area contributed by atoms with E-state index < -0.39 is 0 Å². The van der Waals surface area contributed by atoms with Crippen molar-refractivity contribution in [2.45, 2.75) is 38.3 Å². The van der Waals surface area contributed by atoms with Crippen molar-refractivity contribution in [2.24, 2.45) is 0 Å². The highest BCUT2D eigenvalue weighted by Crippen LogP contribution is 2.33. The van der Waals surface area contributed by atoms with Crippen LogP contribution in [0.25, 0.3) is 11.0 Å². The van der Waals surface area contributed by atoms with Gasteiger partial charge in [0.15, 0.2) is 5.76 Å². The van der Waals surface area contributed by atoms with Crippen molar-refractivity contribution in [3.63, 3.8) is 0 Å². The van der Waals surface area contributed by atoms with Gasteiger partial charge in [-0.3, -0.25) is 4.79 Å². The molecular weight excluding hydrogens is 285 g/mol. The molecule has 1 aliphatic heterocycles. The van der Waals surface area contributed by atoms with Gasteiger partial charge in [0, 0.05) is 17.5 Å². The number of furan rings is 1. The Bertz CT molecular complexity index is 739. The van der Waals surface area contributed by atoms with Gasteiger partial charge in [-0.15, -0.1) is 0 Å². The van der Waals surface area contributed by atoms with E-state index in [1.807, 2.05) is 11.8 Å². The molecule has 2 fully saturated rings. The summed E-state index contributed by atoms with van der Waals surface area (Å²) in [6.45, 7) is 2.97. The lowest BCUT2D eigenvalue weighted by Gasteiger charge is -2.37. The Morgan fingerprint density at radius 3 is 3.09 bits per heavy atom. The number of halogens is 1. The van der Waals surface area contributed by atoms with Gasteiger partial charge in [-0.25, -0.2) is 4.39 Å². The molecule has 2 heterocycles. The number of ether oxygens (including phenoxy) is 1. The molecule has 1 aromatic carbocycles. The first kappa shape index (κ1) is 13.8. The number of carbonyl (C=O) groups is 1. The van der Waals surface area contributed by atoms with E-state index in [-0.39, 0.29) is 23.9 Å². The van der Waals surface area contributed by atoms with Crippen molar-refractivity contribution in [2.75, 3.05) is 13.2 Å². The Morgan fingerprint density at radius 1 is 1.36 bits per heavy atom. The van der Waals surface area contributed by atoms with E-state index in [9.17, 15) is 9.18 Å². The molecule has 1 aromatic heterocycles. The molecule has 0 radical (unpaired) electrons. The maximum absolute atomic E-state index is 13.4. The van der Waals surface area contributed by atoms with Gasteiger partial charge in [0.2, 0.25) is 0 Å². The van der Waals surface area contributed by atoms with Gasteiger partial charge in [0.1, 0.15) is 11.4 Å². The molecule has 116 valence electrons. The van der Waals surface area contributed by atoms with Crippen LogP contribution < -0.4 is 0 Å². The van der Waals surface area contributed by atoms with Gasteiger partial charge < -0.3 is 14.1 Å². The third-order valence-corrected chi connectivity index (χ3v) is 4.84. The van der Waals surface area contributed by atoms with Crippen LogP contribution in [0, 0.1) is 12.7 Å². The van der Waals surface area contributed by atoms with Crippen LogP contribution in [0.5, 0.6) is 0 Å². The molecule has 1 aliphatic carbocycles. The van der Waals surface area contributed by atoms with Crippen LogP contribution in [0.4, 0.5) is 4.39 Å². The van der Waals surface area contributed by atoms with E-state index in [1.165, 1.54) is 12.1 Å². The second-order valence-corrected chi connectivity index (χ2v) is 6.10. The molecule has 2 atom stereocenters. The summed E-state index contributed by atoms with van der Waals surface area (Å²) in [6, 6.07) is 4.49. The van der Waals surface area contributed by atoms with Crippen LogP contribution in [0.3, 0.4) is 0 Å². The summed E-state index contributed by atoms with van der Waals surface area (Å²) < 4.78 is 24.9. The second-order valence-electron chi connectivity index (χ2n) is 6.10. The summed E-state index contributed by atoms with van der Waals surface area (Å²) >= 11 is 0. The van der Waals surface area contributed by atoms with E-state index in [0.717, 1.165) is 19.3 Å². The van der Waals surface area contributed by atoms with Crippen molar-refractivity contribution in [3.05, 3.63) is 35.3 Å². The molecule has 0 spiro atoms. The highest BCUT2D eigenvalue weighted by molar-refractivity contribution is 5.99. The number of hydrogen-bond acceptors (Lipinski definition) is 3. The lowest BCUT2D eigenvalue weighted by Crippen LogP contribution is -2.51. The highest BCUT2D eigenvalue weighted by Gasteiger charge is 2.40. The molecule has 0 unspecified atom stereocenters. The average molecular weight is 303 g/mol. The monoisotopic (exact) mass is 303 g/mol. The van der Waals surface area contributed by atoms with E-state index in [2.05, 4.69) is 0 Å². The van der Waals surface area contributed by atoms with Crippen LogP contribution in [0.15, 0.2) is 22.6 Å². The molecule has 0 N–H and O–H groups in total. The van der Waals surface area contributed by atoms with Gasteiger partial charge in [0.25, 0.3) is 5.91 Å². The smallest absolute Gasteiger partial charge is 0.290 e. The molecule has 22 heavy (non-hydrogen) atoms. The van der Waals surface area contributed by atoms with E-state index in [1.54, 1.807) is 6.07 Å². The summed E-state index contributed by atoms with van der Waals surface area (Å²) in [5, 5.41) is 0.666. The largest absolute Gasteiger partial charge is 0.451 e. The topological polar surface area (TPSA) is 42.7 Å². The Morgan fingerprint density at radius 2 is 2.23 bits per heavy atom. The van der Waals surface area contributed by atoms with Crippen LogP contribution in [0.1, 0.15) is 35.4 Å². The molecule has 2 aliphatic rings. The molecule has 4 nitrogen and oxygen atoms in total. The van der Waals surface area contributed by atoms with Gasteiger partial charge in [0.05, 0.1) is 18.8 Å². The molecule has 1 saturated carbocycles. The molecule has 2 aromatic rings. The maximum Gasteiger partial charge on any atom is 0.290 e. The zero-order valence-corrected chi connectivity index (χ0v) is 12.5. The Labute approximate surface area is 127 Å². The lowest BCUT2D eigenvalue weighted by molar-refractivity contribution is -0.0454. The van der Waals surface area contributed by atoms with Gasteiger partial charge in [-0.1, -0.05) is 0 Å². The number of aryl methyl sites for hydroxylation is 1. The van der Waals surface area contributed by atoms with Crippen molar-refractivity contribution >= 4 is 16.9 Å². The first-order valence-corrected chi connectivity index (χ1v) is 7.76. The van der Waals surface area contributed by atoms with Gasteiger partial charge >= 0.3 is 0 Å². The molecular formula is C17H18FNO3. The molecule has 1 amide bonds. The lowest BCUT2D eigenvalue weighted by atomic mass is 10.1. The van der Waals surface area contributed by atoms with E-state index >= 15 is 0 Å². The fourth-order valence-corrected chi connectivity index (χ4v) is 3.71. The zero-order valence-electron chi connectivity index (χ0n) is 12.5. The quantitative estimate of drug-likeness (QED) is 0.812. The van der Waals surface area contributed by atoms with Crippen molar-refractivity contribution < 1.29 is 18.3 Å². The highest BCUT2D eigenvalue weighted by atomic mass is 19.1. The minimum Gasteiger partial charge on any atom is -0.451 e. The summed E-state index contributed by atoms with van der Waals surface area (Å²) in [5.74, 6) is -0.0971. The standard InChI is InChI=1S/C17H18FNO3/c1-10-12-9-11(18)5-6-14(12)22-16(10)17(20)19-7-8-21-15-4-2-3-13(15)19/h5-6,9,13,15H,2-4,7-8H2,1H3/t13-,15-/m0/s1. The molecule has 5 heteroatoms. The normalized spacial score (nSPS) is 24.7. The summed E-state index contributed by atoms with van der Waals surface area (Å²) in [4.78, 5) is 14.8. The molecule has 0 bridgehead atoms. The second kappa shape index (κ2) is 5.09. The first-order valence-electron chi connectivity index (χ1n) is 7.76. The SMILES string of the molecule is Cc1c(C(=O)N2CCO[C@H]3CCC[C@@H]32)oc2ccc(F)cc12. The number of amides is 1. The number of rotatable bonds is 1. The van der Waals surface area contributed by atoms with Crippen molar-refractivity contribution in [1.82, 2.24) is 4.90 Å². The van der Waals surface area contributed by atoms with Gasteiger partial charge in [-0.05, 0) is 44.4 Å². The predicted molar refractivity (Wildman–Crippen MR) is 79.3 cm³/mol. The molecule has 4 rings (SSSR count). The minimum absolute atomic E-state index is 0.102. The van der Waals surface area contributed by atoms with Crippen molar-refractivity contribution in [1.29, 1.82) is 0 Å². The zero-order chi connectivity index (χ0) is 15.3. The third-order valence-electron chi connectivity index (χ3n) is 4.84. The number of hydrogen-bond donors (Lipinski definition) is 0. The Balaban J connectivity index is 1.72. The van der Waals surface area contributed by atoms with Crippen molar-refractivity contribution in [3.8, 4) is 0 Å². The fraction of sp³-hybridized carbons (Fsp3) is 0.471. The summed E-state index contributed by atoms with van der Waals surface area (Å²) in [5.41, 5.74) is 1.26. The number of fused-ring (bicyclic) bond motifs is 2. The first-order chi connectivity index (χ1) is 10.6. The van der Waals surface area contributed by atoms with Crippen LogP contribution in [-0.2, 0) is 4.74 Å². The number of carbonyl (C=O) groups excluding carboxylic acids is 1. The third kappa shape index (κ3) is 2.03. The van der Waals surface area contributed by atoms with Crippen LogP contribution >= 0.6 is 0 Å². The maximum atomic E-state index is 13.4. The van der Waals surface area contributed by atoms with E-state index in [4.69, 9.17) is 9.15 Å². The summed E-state index contributed by atoms with van der Waals surface area (Å²) in [6.07, 6.45) is 3.23.